The Labute approximate surface area is 169 Å². The molecule has 1 aliphatic heterocycles. The van der Waals surface area contributed by atoms with Gasteiger partial charge in [-0.05, 0) is 6.07 Å². The van der Waals surface area contributed by atoms with E-state index in [4.69, 9.17) is 31.6 Å². The highest BCUT2D eigenvalue weighted by Gasteiger charge is 2.59. The van der Waals surface area contributed by atoms with Crippen molar-refractivity contribution in [3.8, 4) is 0 Å². The molecule has 2 heterocycles. The maximum absolute atomic E-state index is 13.5. The summed E-state index contributed by atoms with van der Waals surface area (Å²) in [6, 6.07) is 1.13. The van der Waals surface area contributed by atoms with Gasteiger partial charge >= 0.3 is 29.2 Å². The quantitative estimate of drug-likeness (QED) is 0.164. The number of rotatable bonds is 8. The van der Waals surface area contributed by atoms with Crippen LogP contribution in [0.3, 0.4) is 0 Å². The SMILES string of the molecule is O=c1[nH]c(=S)ccn1[C@@H]1O[C@H](OP(=O)(O)OP(=O)(O)OP(=O)(O)O)[C@H](O)C1(O)CF. The second-order valence-electron chi connectivity index (χ2n) is 5.64. The van der Waals surface area contributed by atoms with Crippen molar-refractivity contribution < 1.29 is 65.8 Å². The van der Waals surface area contributed by atoms with Crippen molar-refractivity contribution >= 4 is 35.7 Å². The lowest BCUT2D eigenvalue weighted by molar-refractivity contribution is -0.139. The van der Waals surface area contributed by atoms with Gasteiger partial charge in [-0.1, -0.05) is 12.2 Å². The highest BCUT2D eigenvalue weighted by Crippen LogP contribution is 2.67. The summed E-state index contributed by atoms with van der Waals surface area (Å²) in [4.78, 5) is 49.6. The fraction of sp³-hybridized carbons (Fsp3) is 0.556. The number of phosphoric acid groups is 3. The Kier molecular flexibility index (Phi) is 7.41. The van der Waals surface area contributed by atoms with Crippen LogP contribution in [-0.2, 0) is 31.6 Å². The molecule has 1 saturated heterocycles. The monoisotopic (exact) mass is 518 g/mol. The minimum atomic E-state index is -5.88. The molecule has 6 atom stereocenters. The van der Waals surface area contributed by atoms with Gasteiger partial charge in [0.25, 0.3) is 0 Å². The Bertz CT molecular complexity index is 1060. The summed E-state index contributed by atoms with van der Waals surface area (Å²) in [5, 5.41) is 20.4. The normalized spacial score (nSPS) is 31.2. The third-order valence-corrected chi connectivity index (χ3v) is 7.47. The van der Waals surface area contributed by atoms with E-state index in [9.17, 15) is 38.0 Å². The van der Waals surface area contributed by atoms with Crippen molar-refractivity contribution in [3.63, 3.8) is 0 Å². The average molecular weight is 518 g/mol. The molecular formula is C9H14FN2O14P3S. The lowest BCUT2D eigenvalue weighted by Crippen LogP contribution is -2.50. The van der Waals surface area contributed by atoms with E-state index in [1.165, 1.54) is 0 Å². The number of hydrogen-bond donors (Lipinski definition) is 7. The molecule has 1 aromatic rings. The number of alkyl halides is 1. The molecule has 1 fully saturated rings. The summed E-state index contributed by atoms with van der Waals surface area (Å²) in [6.07, 6.45) is -6.01. The number of nitrogens with one attached hydrogen (secondary N) is 1. The van der Waals surface area contributed by atoms with Crippen molar-refractivity contribution in [1.82, 2.24) is 9.55 Å². The standard InChI is InChI=1S/C9H14FN2O14P3S/c10-3-9(15)5(13)6(23-7(9)12-2-1-4(30)11-8(12)14)24-28(19,20)26-29(21,22)25-27(16,17)18/h1-2,5-7,13,15H,3H2,(H,19,20)(H,21,22)(H,11,14,30)(H2,16,17,18)/t5-,6+,7+,9?/m0/s1. The summed E-state index contributed by atoms with van der Waals surface area (Å²) in [5.41, 5.74) is -3.96. The largest absolute Gasteiger partial charge is 0.490 e. The van der Waals surface area contributed by atoms with Crippen LogP contribution < -0.4 is 5.69 Å². The molecule has 7 N–H and O–H groups in total. The Balaban J connectivity index is 2.29. The molecule has 21 heteroatoms. The van der Waals surface area contributed by atoms with Crippen molar-refractivity contribution in [1.29, 1.82) is 0 Å². The highest BCUT2D eigenvalue weighted by atomic mass is 32.1. The Morgan fingerprint density at radius 2 is 1.83 bits per heavy atom. The van der Waals surface area contributed by atoms with Crippen LogP contribution in [0.25, 0.3) is 0 Å². The lowest BCUT2D eigenvalue weighted by Gasteiger charge is -2.28. The Hall–Kier alpha value is -0.680. The zero-order valence-corrected chi connectivity index (χ0v) is 17.6. The third kappa shape index (κ3) is 5.97. The summed E-state index contributed by atoms with van der Waals surface area (Å²) < 4.78 is 63.9. The number of halogens is 1. The first kappa shape index (κ1) is 25.6. The van der Waals surface area contributed by atoms with Crippen LogP contribution in [0.2, 0.25) is 0 Å². The molecule has 0 aliphatic carbocycles. The molecule has 30 heavy (non-hydrogen) atoms. The molecule has 1 aliphatic rings. The van der Waals surface area contributed by atoms with Crippen molar-refractivity contribution in [2.75, 3.05) is 6.67 Å². The summed E-state index contributed by atoms with van der Waals surface area (Å²) >= 11 is 4.70. The summed E-state index contributed by atoms with van der Waals surface area (Å²) in [7, 11) is -17.3. The van der Waals surface area contributed by atoms with E-state index in [2.05, 4.69) is 18.1 Å². The van der Waals surface area contributed by atoms with Gasteiger partial charge in [0.2, 0.25) is 6.29 Å². The predicted octanol–water partition coefficient (Wildman–Crippen LogP) is -0.834. The van der Waals surface area contributed by atoms with E-state index >= 15 is 0 Å². The zero-order valence-electron chi connectivity index (χ0n) is 14.1. The maximum Gasteiger partial charge on any atom is 0.490 e. The molecule has 3 unspecified atom stereocenters. The van der Waals surface area contributed by atoms with E-state index in [0.717, 1.165) is 12.3 Å². The van der Waals surface area contributed by atoms with Crippen LogP contribution >= 0.6 is 35.7 Å². The van der Waals surface area contributed by atoms with E-state index in [-0.39, 0.29) is 4.64 Å². The molecule has 0 spiro atoms. The first-order valence-electron chi connectivity index (χ1n) is 7.25. The number of phosphoric ester groups is 1. The van der Waals surface area contributed by atoms with Gasteiger partial charge in [0.05, 0.1) is 0 Å². The molecule has 1 aromatic heterocycles. The van der Waals surface area contributed by atoms with Crippen LogP contribution in [0.5, 0.6) is 0 Å². The molecule has 0 saturated carbocycles. The van der Waals surface area contributed by atoms with Crippen molar-refractivity contribution in [2.24, 2.45) is 0 Å². The number of aliphatic hydroxyl groups is 2. The van der Waals surface area contributed by atoms with Gasteiger partial charge in [-0.3, -0.25) is 14.1 Å². The van der Waals surface area contributed by atoms with Crippen LogP contribution in [0.1, 0.15) is 6.23 Å². The number of nitrogens with zero attached hydrogens (tertiary/aromatic N) is 1. The van der Waals surface area contributed by atoms with E-state index in [1.807, 2.05) is 0 Å². The lowest BCUT2D eigenvalue weighted by atomic mass is 9.98. The summed E-state index contributed by atoms with van der Waals surface area (Å²) in [6.45, 7) is -1.77. The second kappa shape index (κ2) is 8.69. The van der Waals surface area contributed by atoms with Gasteiger partial charge in [-0.25, -0.2) is 22.9 Å². The van der Waals surface area contributed by atoms with Crippen LogP contribution in [-0.4, -0.2) is 64.0 Å². The average Bonchev–Trinajstić information content (AvgIpc) is 2.76. The number of aliphatic hydroxyl groups excluding tert-OH is 1. The molecule has 16 nitrogen and oxygen atoms in total. The first-order valence-corrected chi connectivity index (χ1v) is 12.2. The van der Waals surface area contributed by atoms with Crippen LogP contribution in [0, 0.1) is 4.64 Å². The van der Waals surface area contributed by atoms with Gasteiger partial charge in [-0.2, -0.15) is 8.62 Å². The molecule has 0 bridgehead atoms. The second-order valence-corrected chi connectivity index (χ2v) is 10.5. The number of ether oxygens (including phenoxy) is 1. The van der Waals surface area contributed by atoms with Crippen molar-refractivity contribution in [2.45, 2.75) is 24.2 Å². The Morgan fingerprint density at radius 1 is 1.23 bits per heavy atom. The fourth-order valence-corrected chi connectivity index (χ4v) is 5.51. The first-order chi connectivity index (χ1) is 13.5. The molecule has 0 radical (unpaired) electrons. The van der Waals surface area contributed by atoms with E-state index in [0.29, 0.717) is 4.57 Å². The van der Waals surface area contributed by atoms with Gasteiger partial charge in [0, 0.05) is 6.20 Å². The van der Waals surface area contributed by atoms with E-state index < -0.39 is 60.1 Å². The van der Waals surface area contributed by atoms with Gasteiger partial charge < -0.3 is 34.5 Å². The zero-order chi connectivity index (χ0) is 23.1. The number of aromatic amines is 1. The molecule has 172 valence electrons. The number of H-pyrrole nitrogens is 1. The van der Waals surface area contributed by atoms with E-state index in [1.54, 1.807) is 0 Å². The molecule has 0 aromatic carbocycles. The topological polar surface area (TPSA) is 247 Å². The summed E-state index contributed by atoms with van der Waals surface area (Å²) in [5.74, 6) is 0. The Morgan fingerprint density at radius 3 is 2.33 bits per heavy atom. The van der Waals surface area contributed by atoms with Gasteiger partial charge in [-0.15, -0.1) is 0 Å². The molecular weight excluding hydrogens is 504 g/mol. The van der Waals surface area contributed by atoms with Gasteiger partial charge in [0.15, 0.2) is 11.8 Å². The third-order valence-electron chi connectivity index (χ3n) is 3.43. The smallest absolute Gasteiger partial charge is 0.384 e. The predicted molar refractivity (Wildman–Crippen MR) is 91.7 cm³/mol. The van der Waals surface area contributed by atoms with Crippen LogP contribution in [0.15, 0.2) is 17.1 Å². The minimum Gasteiger partial charge on any atom is -0.384 e. The molecule has 0 amide bonds. The number of hydrogen-bond acceptors (Lipinski definition) is 11. The maximum atomic E-state index is 13.5. The van der Waals surface area contributed by atoms with Crippen molar-refractivity contribution in [3.05, 3.63) is 27.4 Å². The highest BCUT2D eigenvalue weighted by molar-refractivity contribution is 7.71. The number of aromatic nitrogens is 2. The van der Waals surface area contributed by atoms with Crippen LogP contribution in [0.4, 0.5) is 4.39 Å². The van der Waals surface area contributed by atoms with Gasteiger partial charge in [0.1, 0.15) is 17.4 Å². The fourth-order valence-electron chi connectivity index (χ4n) is 2.28. The molecule has 2 rings (SSSR count). The minimum absolute atomic E-state index is 0.0524.